The first-order valence-electron chi connectivity index (χ1n) is 12.7. The van der Waals surface area contributed by atoms with Gasteiger partial charge in [-0.05, 0) is 43.7 Å². The second kappa shape index (κ2) is 13.8. The number of halogens is 1. The minimum atomic E-state index is -0.612. The maximum Gasteiger partial charge on any atom is 0.276 e. The third kappa shape index (κ3) is 7.09. The molecule has 1 fully saturated rings. The minimum absolute atomic E-state index is 0.0335. The molecular weight excluding hydrogens is 465 g/mol. The zero-order valence-electron chi connectivity index (χ0n) is 21.8. The molecule has 2 heterocycles. The first kappa shape index (κ1) is 28.2. The number of carbonyl (C=O) groups excluding carboxylic acids is 1. The lowest BCUT2D eigenvalue weighted by Gasteiger charge is -2.40. The standard InChI is InChI=1S/C26H40FN5O4/c1-18(2)16-31(20-13-19(14-28-15-20)24(33)17-36-4)26(34)25-23(11-7-8-12-35-3)32(30-29-25)22-10-6-5-9-21(22)27/h5-6,9-10,18-20,24,28,33H,7-8,11-17H2,1-4H3/t19-,20+,24?/m1/s1. The molecule has 1 aromatic carbocycles. The molecule has 0 aliphatic carbocycles. The van der Waals surface area contributed by atoms with E-state index in [2.05, 4.69) is 29.5 Å². The summed E-state index contributed by atoms with van der Waals surface area (Å²) < 4.78 is 26.4. The van der Waals surface area contributed by atoms with Crippen LogP contribution >= 0.6 is 0 Å². The summed E-state index contributed by atoms with van der Waals surface area (Å²) in [6.45, 7) is 6.81. The molecule has 1 aromatic heterocycles. The highest BCUT2D eigenvalue weighted by Gasteiger charge is 2.35. The van der Waals surface area contributed by atoms with Crippen molar-refractivity contribution in [1.29, 1.82) is 0 Å². The van der Waals surface area contributed by atoms with Crippen LogP contribution in [0.4, 0.5) is 4.39 Å². The molecule has 200 valence electrons. The van der Waals surface area contributed by atoms with Gasteiger partial charge in [0.05, 0.1) is 18.4 Å². The molecular formula is C26H40FN5O4. The van der Waals surface area contributed by atoms with Gasteiger partial charge in [0.1, 0.15) is 11.5 Å². The van der Waals surface area contributed by atoms with Crippen molar-refractivity contribution < 1.29 is 23.8 Å². The van der Waals surface area contributed by atoms with Gasteiger partial charge in [0.2, 0.25) is 0 Å². The van der Waals surface area contributed by atoms with Crippen molar-refractivity contribution in [2.45, 2.75) is 51.7 Å². The number of para-hydroxylation sites is 1. The van der Waals surface area contributed by atoms with Crippen molar-refractivity contribution in [3.05, 3.63) is 41.5 Å². The average molecular weight is 506 g/mol. The van der Waals surface area contributed by atoms with Gasteiger partial charge in [-0.3, -0.25) is 4.79 Å². The molecule has 1 aliphatic rings. The van der Waals surface area contributed by atoms with Crippen LogP contribution in [0.5, 0.6) is 0 Å². The lowest BCUT2D eigenvalue weighted by Crippen LogP contribution is -2.54. The summed E-state index contributed by atoms with van der Waals surface area (Å²) in [5.74, 6) is -0.453. The number of ether oxygens (including phenoxy) is 2. The molecule has 0 spiro atoms. The molecule has 3 atom stereocenters. The number of hydrogen-bond acceptors (Lipinski definition) is 7. The molecule has 2 aromatic rings. The highest BCUT2D eigenvalue weighted by molar-refractivity contribution is 5.93. The number of piperidine rings is 1. The number of amides is 1. The molecule has 0 bridgehead atoms. The number of rotatable bonds is 13. The number of unbranched alkanes of at least 4 members (excludes halogenated alkanes) is 1. The summed E-state index contributed by atoms with van der Waals surface area (Å²) in [6.07, 6.45) is 2.10. The van der Waals surface area contributed by atoms with Crippen LogP contribution in [0, 0.1) is 17.7 Å². The van der Waals surface area contributed by atoms with E-state index in [0.717, 1.165) is 12.8 Å². The Hall–Kier alpha value is -2.40. The normalized spacial score (nSPS) is 19.0. The third-order valence-corrected chi connectivity index (χ3v) is 6.56. The molecule has 9 nitrogen and oxygen atoms in total. The fourth-order valence-corrected chi connectivity index (χ4v) is 4.76. The minimum Gasteiger partial charge on any atom is -0.390 e. The third-order valence-electron chi connectivity index (χ3n) is 6.56. The number of aliphatic hydroxyl groups is 1. The molecule has 3 rings (SSSR count). The summed E-state index contributed by atoms with van der Waals surface area (Å²) in [7, 11) is 3.22. The Morgan fingerprint density at radius 2 is 2.03 bits per heavy atom. The van der Waals surface area contributed by atoms with Gasteiger partial charge < -0.3 is 24.8 Å². The maximum atomic E-state index is 14.7. The van der Waals surface area contributed by atoms with Crippen LogP contribution in [0.1, 0.15) is 49.3 Å². The largest absolute Gasteiger partial charge is 0.390 e. The Balaban J connectivity index is 1.93. The first-order valence-corrected chi connectivity index (χ1v) is 12.7. The molecule has 0 saturated carbocycles. The molecule has 1 saturated heterocycles. The molecule has 1 unspecified atom stereocenters. The summed E-state index contributed by atoms with van der Waals surface area (Å²) in [5.41, 5.74) is 1.11. The van der Waals surface area contributed by atoms with Crippen LogP contribution in [0.3, 0.4) is 0 Å². The second-order valence-corrected chi connectivity index (χ2v) is 9.88. The number of carbonyl (C=O) groups is 1. The van der Waals surface area contributed by atoms with Gasteiger partial charge >= 0.3 is 0 Å². The predicted octanol–water partition coefficient (Wildman–Crippen LogP) is 2.46. The number of methoxy groups -OCH3 is 2. The second-order valence-electron chi connectivity index (χ2n) is 9.88. The van der Waals surface area contributed by atoms with Crippen LogP contribution in [-0.2, 0) is 15.9 Å². The van der Waals surface area contributed by atoms with E-state index in [0.29, 0.717) is 44.8 Å². The number of benzene rings is 1. The zero-order chi connectivity index (χ0) is 26.1. The quantitative estimate of drug-likeness (QED) is 0.403. The van der Waals surface area contributed by atoms with Crippen molar-refractivity contribution in [2.24, 2.45) is 11.8 Å². The summed E-state index contributed by atoms with van der Waals surface area (Å²) >= 11 is 0. The van der Waals surface area contributed by atoms with Crippen LogP contribution in [-0.4, -0.2) is 90.1 Å². The summed E-state index contributed by atoms with van der Waals surface area (Å²) in [5, 5.41) is 22.4. The van der Waals surface area contributed by atoms with E-state index in [1.54, 1.807) is 32.4 Å². The van der Waals surface area contributed by atoms with Crippen molar-refractivity contribution >= 4 is 5.91 Å². The monoisotopic (exact) mass is 505 g/mol. The van der Waals surface area contributed by atoms with Crippen LogP contribution in [0.15, 0.2) is 24.3 Å². The van der Waals surface area contributed by atoms with Gasteiger partial charge in [-0.15, -0.1) is 5.10 Å². The highest BCUT2D eigenvalue weighted by Crippen LogP contribution is 2.25. The number of hydrogen-bond donors (Lipinski definition) is 2. The van der Waals surface area contributed by atoms with Crippen molar-refractivity contribution in [1.82, 2.24) is 25.2 Å². The number of aliphatic hydroxyl groups excluding tert-OH is 1. The summed E-state index contributed by atoms with van der Waals surface area (Å²) in [6, 6.07) is 6.24. The Kier molecular flexibility index (Phi) is 10.8. The maximum absolute atomic E-state index is 14.7. The first-order chi connectivity index (χ1) is 17.4. The fraction of sp³-hybridized carbons (Fsp3) is 0.654. The Labute approximate surface area is 213 Å². The van der Waals surface area contributed by atoms with Crippen molar-refractivity contribution in [2.75, 3.05) is 47.1 Å². The van der Waals surface area contributed by atoms with E-state index in [9.17, 15) is 14.3 Å². The van der Waals surface area contributed by atoms with Crippen LogP contribution in [0.2, 0.25) is 0 Å². The molecule has 1 amide bonds. The average Bonchev–Trinajstić information content (AvgIpc) is 3.28. The van der Waals surface area contributed by atoms with Gasteiger partial charge in [-0.1, -0.05) is 31.2 Å². The number of nitrogens with zero attached hydrogens (tertiary/aromatic N) is 4. The van der Waals surface area contributed by atoms with Gasteiger partial charge in [0.25, 0.3) is 5.91 Å². The molecule has 0 radical (unpaired) electrons. The van der Waals surface area contributed by atoms with Crippen LogP contribution < -0.4 is 5.32 Å². The zero-order valence-corrected chi connectivity index (χ0v) is 21.8. The SMILES string of the molecule is COCCCCc1c(C(=O)N(CC(C)C)[C@@H]2CNC[C@H](C(O)COC)C2)nnn1-c1ccccc1F. The predicted molar refractivity (Wildman–Crippen MR) is 135 cm³/mol. The lowest BCUT2D eigenvalue weighted by atomic mass is 9.89. The smallest absolute Gasteiger partial charge is 0.276 e. The van der Waals surface area contributed by atoms with E-state index in [-0.39, 0.29) is 41.8 Å². The number of nitrogens with one attached hydrogen (secondary N) is 1. The van der Waals surface area contributed by atoms with Crippen LogP contribution in [0.25, 0.3) is 5.69 Å². The van der Waals surface area contributed by atoms with Gasteiger partial charge in [-0.25, -0.2) is 9.07 Å². The van der Waals surface area contributed by atoms with E-state index in [4.69, 9.17) is 9.47 Å². The molecule has 1 aliphatic heterocycles. The fourth-order valence-electron chi connectivity index (χ4n) is 4.76. The van der Waals surface area contributed by atoms with Gasteiger partial charge in [-0.2, -0.15) is 0 Å². The topological polar surface area (TPSA) is 102 Å². The van der Waals surface area contributed by atoms with Crippen molar-refractivity contribution in [3.8, 4) is 5.69 Å². The summed E-state index contributed by atoms with van der Waals surface area (Å²) in [4.78, 5) is 15.8. The van der Waals surface area contributed by atoms with E-state index < -0.39 is 11.9 Å². The van der Waals surface area contributed by atoms with Gasteiger partial charge in [0, 0.05) is 52.4 Å². The molecule has 10 heteroatoms. The Morgan fingerprint density at radius 3 is 2.72 bits per heavy atom. The lowest BCUT2D eigenvalue weighted by molar-refractivity contribution is 0.00243. The molecule has 2 N–H and O–H groups in total. The van der Waals surface area contributed by atoms with Crippen molar-refractivity contribution in [3.63, 3.8) is 0 Å². The Bertz CT molecular complexity index is 970. The van der Waals surface area contributed by atoms with E-state index >= 15 is 0 Å². The highest BCUT2D eigenvalue weighted by atomic mass is 19.1. The molecule has 36 heavy (non-hydrogen) atoms. The number of aromatic nitrogens is 3. The van der Waals surface area contributed by atoms with E-state index in [1.165, 1.54) is 10.7 Å². The Morgan fingerprint density at radius 1 is 1.25 bits per heavy atom. The van der Waals surface area contributed by atoms with Gasteiger partial charge in [0.15, 0.2) is 5.69 Å². The van der Waals surface area contributed by atoms with E-state index in [1.807, 2.05) is 4.90 Å².